The van der Waals surface area contributed by atoms with Gasteiger partial charge >= 0.3 is 0 Å². The van der Waals surface area contributed by atoms with Crippen molar-refractivity contribution >= 4 is 0 Å². The third-order valence-corrected chi connectivity index (χ3v) is 3.04. The van der Waals surface area contributed by atoms with E-state index in [1.807, 2.05) is 18.2 Å². The average Bonchev–Trinajstić information content (AvgIpc) is 2.91. The molecular formula is C12H14N4. The van der Waals surface area contributed by atoms with Crippen molar-refractivity contribution < 1.29 is 0 Å². The van der Waals surface area contributed by atoms with Crippen LogP contribution in [0.5, 0.6) is 0 Å². The molecule has 0 aliphatic carbocycles. The van der Waals surface area contributed by atoms with Gasteiger partial charge in [0.15, 0.2) is 0 Å². The number of hydrogen-bond donors (Lipinski definition) is 1. The fourth-order valence-electron chi connectivity index (χ4n) is 2.32. The Morgan fingerprint density at radius 1 is 1.38 bits per heavy atom. The van der Waals surface area contributed by atoms with Crippen LogP contribution in [0.25, 0.3) is 11.4 Å². The van der Waals surface area contributed by atoms with Crippen molar-refractivity contribution in [3.63, 3.8) is 0 Å². The normalized spacial score (nSPS) is 14.1. The van der Waals surface area contributed by atoms with Crippen LogP contribution in [0, 0.1) is 0 Å². The SMILES string of the molecule is NCc1nc(-c2ccccn2)c2n1CCC2. The molecule has 0 saturated heterocycles. The van der Waals surface area contributed by atoms with E-state index in [1.165, 1.54) is 12.1 Å². The molecule has 0 aromatic carbocycles. The molecule has 0 atom stereocenters. The lowest BCUT2D eigenvalue weighted by molar-refractivity contribution is 0.689. The summed E-state index contributed by atoms with van der Waals surface area (Å²) in [5, 5.41) is 0. The van der Waals surface area contributed by atoms with E-state index in [0.717, 1.165) is 30.2 Å². The minimum Gasteiger partial charge on any atom is -0.330 e. The first-order valence-electron chi connectivity index (χ1n) is 5.60. The van der Waals surface area contributed by atoms with E-state index in [9.17, 15) is 0 Å². The van der Waals surface area contributed by atoms with Crippen LogP contribution in [0.15, 0.2) is 24.4 Å². The van der Waals surface area contributed by atoms with E-state index in [-0.39, 0.29) is 0 Å². The Hall–Kier alpha value is -1.68. The van der Waals surface area contributed by atoms with Gasteiger partial charge in [0.05, 0.1) is 12.2 Å². The van der Waals surface area contributed by atoms with Crippen molar-refractivity contribution in [1.82, 2.24) is 14.5 Å². The third-order valence-electron chi connectivity index (χ3n) is 3.04. The quantitative estimate of drug-likeness (QED) is 0.821. The van der Waals surface area contributed by atoms with Gasteiger partial charge in [-0.1, -0.05) is 6.07 Å². The summed E-state index contributed by atoms with van der Waals surface area (Å²) in [6.07, 6.45) is 4.07. The van der Waals surface area contributed by atoms with Crippen LogP contribution in [0.3, 0.4) is 0 Å². The van der Waals surface area contributed by atoms with Gasteiger partial charge < -0.3 is 10.3 Å². The van der Waals surface area contributed by atoms with Crippen LogP contribution in [-0.4, -0.2) is 14.5 Å². The van der Waals surface area contributed by atoms with Crippen molar-refractivity contribution in [2.24, 2.45) is 5.73 Å². The molecule has 3 rings (SSSR count). The summed E-state index contributed by atoms with van der Waals surface area (Å²) < 4.78 is 2.24. The zero-order valence-corrected chi connectivity index (χ0v) is 9.06. The van der Waals surface area contributed by atoms with Crippen molar-refractivity contribution in [3.8, 4) is 11.4 Å². The fourth-order valence-corrected chi connectivity index (χ4v) is 2.32. The summed E-state index contributed by atoms with van der Waals surface area (Å²) in [4.78, 5) is 8.95. The summed E-state index contributed by atoms with van der Waals surface area (Å²) in [6.45, 7) is 1.54. The lowest BCUT2D eigenvalue weighted by atomic mass is 10.2. The largest absolute Gasteiger partial charge is 0.330 e. The first kappa shape index (κ1) is 9.54. The maximum absolute atomic E-state index is 5.71. The molecule has 82 valence electrons. The Labute approximate surface area is 94.1 Å². The number of aromatic nitrogens is 3. The van der Waals surface area contributed by atoms with Crippen molar-refractivity contribution in [2.75, 3.05) is 0 Å². The maximum atomic E-state index is 5.71. The van der Waals surface area contributed by atoms with Gasteiger partial charge in [0.25, 0.3) is 0 Å². The van der Waals surface area contributed by atoms with Crippen molar-refractivity contribution in [1.29, 1.82) is 0 Å². The summed E-state index contributed by atoms with van der Waals surface area (Å²) in [5.74, 6) is 0.980. The number of hydrogen-bond acceptors (Lipinski definition) is 3. The molecule has 2 aromatic rings. The van der Waals surface area contributed by atoms with Gasteiger partial charge in [-0.3, -0.25) is 4.98 Å². The maximum Gasteiger partial charge on any atom is 0.123 e. The smallest absolute Gasteiger partial charge is 0.123 e. The predicted molar refractivity (Wildman–Crippen MR) is 61.7 cm³/mol. The Kier molecular flexibility index (Phi) is 2.22. The highest BCUT2D eigenvalue weighted by Crippen LogP contribution is 2.27. The number of rotatable bonds is 2. The molecule has 4 nitrogen and oxygen atoms in total. The molecule has 0 saturated carbocycles. The number of pyridine rings is 1. The number of imidazole rings is 1. The summed E-state index contributed by atoms with van der Waals surface area (Å²) >= 11 is 0. The summed E-state index contributed by atoms with van der Waals surface area (Å²) in [5.41, 5.74) is 8.97. The molecule has 4 heteroatoms. The fraction of sp³-hybridized carbons (Fsp3) is 0.333. The molecule has 1 aliphatic heterocycles. The standard InChI is InChI=1S/C12H14N4/c13-8-11-15-12(9-4-1-2-6-14-9)10-5-3-7-16(10)11/h1-2,4,6H,3,5,7-8,13H2. The molecule has 0 fully saturated rings. The van der Waals surface area contributed by atoms with Crippen LogP contribution in [-0.2, 0) is 19.5 Å². The Bertz CT molecular complexity index is 501. The van der Waals surface area contributed by atoms with Gasteiger partial charge in [0, 0.05) is 18.4 Å². The second-order valence-corrected chi connectivity index (χ2v) is 4.00. The predicted octanol–water partition coefficient (Wildman–Crippen LogP) is 1.35. The second-order valence-electron chi connectivity index (χ2n) is 4.00. The van der Waals surface area contributed by atoms with Crippen LogP contribution >= 0.6 is 0 Å². The third kappa shape index (κ3) is 1.34. The van der Waals surface area contributed by atoms with E-state index in [4.69, 9.17) is 5.73 Å². The lowest BCUT2D eigenvalue weighted by Gasteiger charge is -1.99. The molecule has 2 N–H and O–H groups in total. The molecule has 0 bridgehead atoms. The average molecular weight is 214 g/mol. The van der Waals surface area contributed by atoms with E-state index >= 15 is 0 Å². The molecule has 3 heterocycles. The molecule has 16 heavy (non-hydrogen) atoms. The van der Waals surface area contributed by atoms with Crippen LogP contribution in [0.1, 0.15) is 17.9 Å². The van der Waals surface area contributed by atoms with E-state index < -0.39 is 0 Å². The van der Waals surface area contributed by atoms with Gasteiger partial charge in [0.2, 0.25) is 0 Å². The highest BCUT2D eigenvalue weighted by molar-refractivity contribution is 5.58. The number of nitrogens with two attached hydrogens (primary N) is 1. The van der Waals surface area contributed by atoms with Crippen LogP contribution < -0.4 is 5.73 Å². The monoisotopic (exact) mass is 214 g/mol. The lowest BCUT2D eigenvalue weighted by Crippen LogP contribution is -2.06. The first-order chi connectivity index (χ1) is 7.90. The van der Waals surface area contributed by atoms with Gasteiger partial charge in [-0.2, -0.15) is 0 Å². The first-order valence-corrected chi connectivity index (χ1v) is 5.60. The van der Waals surface area contributed by atoms with E-state index in [1.54, 1.807) is 6.20 Å². The summed E-state index contributed by atoms with van der Waals surface area (Å²) in [6, 6.07) is 5.91. The Morgan fingerprint density at radius 2 is 2.31 bits per heavy atom. The molecule has 1 aliphatic rings. The Morgan fingerprint density at radius 3 is 3.06 bits per heavy atom. The molecule has 0 radical (unpaired) electrons. The van der Waals surface area contributed by atoms with Gasteiger partial charge in [-0.25, -0.2) is 4.98 Å². The topological polar surface area (TPSA) is 56.7 Å². The molecule has 0 unspecified atom stereocenters. The highest BCUT2D eigenvalue weighted by atomic mass is 15.1. The molecule has 2 aromatic heterocycles. The molecule has 0 spiro atoms. The molecular weight excluding hydrogens is 200 g/mol. The Balaban J connectivity index is 2.15. The number of fused-ring (bicyclic) bond motifs is 1. The summed E-state index contributed by atoms with van der Waals surface area (Å²) in [7, 11) is 0. The minimum atomic E-state index is 0.500. The van der Waals surface area contributed by atoms with Crippen LogP contribution in [0.2, 0.25) is 0 Å². The molecule has 0 amide bonds. The van der Waals surface area contributed by atoms with Crippen LogP contribution in [0.4, 0.5) is 0 Å². The second kappa shape index (κ2) is 3.72. The minimum absolute atomic E-state index is 0.500. The van der Waals surface area contributed by atoms with E-state index in [0.29, 0.717) is 6.54 Å². The van der Waals surface area contributed by atoms with Gasteiger partial charge in [-0.15, -0.1) is 0 Å². The van der Waals surface area contributed by atoms with Gasteiger partial charge in [-0.05, 0) is 25.0 Å². The van der Waals surface area contributed by atoms with Gasteiger partial charge in [0.1, 0.15) is 11.5 Å². The number of nitrogens with zero attached hydrogens (tertiary/aromatic N) is 3. The highest BCUT2D eigenvalue weighted by Gasteiger charge is 2.21. The zero-order chi connectivity index (χ0) is 11.0. The van der Waals surface area contributed by atoms with E-state index in [2.05, 4.69) is 14.5 Å². The zero-order valence-electron chi connectivity index (χ0n) is 9.06. The van der Waals surface area contributed by atoms with Crippen molar-refractivity contribution in [2.45, 2.75) is 25.9 Å². The van der Waals surface area contributed by atoms with Crippen molar-refractivity contribution in [3.05, 3.63) is 35.9 Å².